The van der Waals surface area contributed by atoms with E-state index in [1.807, 2.05) is 6.92 Å². The Labute approximate surface area is 239 Å². The maximum Gasteiger partial charge on any atom is 0.335 e. The molecule has 0 spiro atoms. The SMILES string of the molecule is CCCCOc1ccc(N2C(=O)NC(=O)/C(=C/c3cc(Br)c(OCc4ccc(F)cc4)c(OCC)c3)C2=O)cc1. The number of benzene rings is 3. The van der Waals surface area contributed by atoms with E-state index in [1.54, 1.807) is 48.5 Å². The second-order valence-corrected chi connectivity index (χ2v) is 9.69. The lowest BCUT2D eigenvalue weighted by Crippen LogP contribution is -2.54. The molecule has 0 saturated carbocycles. The number of imide groups is 2. The molecule has 0 unspecified atom stereocenters. The van der Waals surface area contributed by atoms with E-state index < -0.39 is 17.8 Å². The first-order valence-electron chi connectivity index (χ1n) is 12.8. The zero-order valence-electron chi connectivity index (χ0n) is 22.0. The maximum atomic E-state index is 13.3. The van der Waals surface area contributed by atoms with Crippen molar-refractivity contribution in [1.82, 2.24) is 5.32 Å². The molecule has 1 aliphatic rings. The quantitative estimate of drug-likeness (QED) is 0.153. The van der Waals surface area contributed by atoms with Crippen molar-refractivity contribution in [3.8, 4) is 17.2 Å². The Bertz CT molecular complexity index is 1420. The van der Waals surface area contributed by atoms with Crippen LogP contribution in [0.15, 0.2) is 70.7 Å². The number of amides is 4. The van der Waals surface area contributed by atoms with Crippen molar-refractivity contribution >= 4 is 45.5 Å². The summed E-state index contributed by atoms with van der Waals surface area (Å²) in [4.78, 5) is 39.5. The second kappa shape index (κ2) is 13.3. The molecule has 4 amide bonds. The fourth-order valence-electron chi connectivity index (χ4n) is 3.89. The van der Waals surface area contributed by atoms with Gasteiger partial charge in [-0.3, -0.25) is 14.9 Å². The number of nitrogens with one attached hydrogen (secondary N) is 1. The number of unbranched alkanes of at least 4 members (excludes halogenated alkanes) is 1. The molecule has 1 N–H and O–H groups in total. The molecular formula is C30H28BrFN2O6. The Kier molecular flexibility index (Phi) is 9.55. The average molecular weight is 611 g/mol. The van der Waals surface area contributed by atoms with Crippen molar-refractivity contribution < 1.29 is 33.0 Å². The third kappa shape index (κ3) is 6.87. The number of halogens is 2. The highest BCUT2D eigenvalue weighted by Gasteiger charge is 2.37. The van der Waals surface area contributed by atoms with Crippen LogP contribution in [0.2, 0.25) is 0 Å². The number of urea groups is 1. The summed E-state index contributed by atoms with van der Waals surface area (Å²) in [5, 5.41) is 2.23. The summed E-state index contributed by atoms with van der Waals surface area (Å²) in [6.07, 6.45) is 3.29. The Balaban J connectivity index is 1.58. The smallest absolute Gasteiger partial charge is 0.335 e. The lowest BCUT2D eigenvalue weighted by Gasteiger charge is -2.26. The molecule has 3 aromatic carbocycles. The fraction of sp³-hybridized carbons (Fsp3) is 0.233. The van der Waals surface area contributed by atoms with Gasteiger partial charge in [-0.25, -0.2) is 14.1 Å². The van der Waals surface area contributed by atoms with E-state index in [2.05, 4.69) is 28.2 Å². The second-order valence-electron chi connectivity index (χ2n) is 8.83. The first-order valence-corrected chi connectivity index (χ1v) is 13.6. The number of carbonyl (C=O) groups is 3. The monoisotopic (exact) mass is 610 g/mol. The molecule has 0 atom stereocenters. The number of ether oxygens (including phenoxy) is 3. The zero-order chi connectivity index (χ0) is 28.6. The van der Waals surface area contributed by atoms with Crippen LogP contribution in [0.4, 0.5) is 14.9 Å². The minimum absolute atomic E-state index is 0.166. The molecule has 0 bridgehead atoms. The molecule has 1 saturated heterocycles. The first-order chi connectivity index (χ1) is 19.3. The van der Waals surface area contributed by atoms with Gasteiger partial charge in [0.2, 0.25) is 0 Å². The third-order valence-corrected chi connectivity index (χ3v) is 6.49. The van der Waals surface area contributed by atoms with Crippen molar-refractivity contribution in [2.24, 2.45) is 0 Å². The molecule has 4 rings (SSSR count). The summed E-state index contributed by atoms with van der Waals surface area (Å²) in [5.74, 6) is -0.515. The van der Waals surface area contributed by atoms with Crippen LogP contribution in [0.5, 0.6) is 17.2 Å². The zero-order valence-corrected chi connectivity index (χ0v) is 23.6. The normalized spacial score (nSPS) is 14.3. The van der Waals surface area contributed by atoms with Crippen molar-refractivity contribution in [3.05, 3.63) is 87.7 Å². The van der Waals surface area contributed by atoms with Gasteiger partial charge in [0.05, 0.1) is 23.4 Å². The van der Waals surface area contributed by atoms with Gasteiger partial charge >= 0.3 is 6.03 Å². The third-order valence-electron chi connectivity index (χ3n) is 5.90. The molecule has 0 radical (unpaired) electrons. The molecule has 40 heavy (non-hydrogen) atoms. The molecule has 1 fully saturated rings. The summed E-state index contributed by atoms with van der Waals surface area (Å²) in [6.45, 7) is 4.94. The molecule has 0 aliphatic carbocycles. The van der Waals surface area contributed by atoms with Gasteiger partial charge in [-0.15, -0.1) is 0 Å². The summed E-state index contributed by atoms with van der Waals surface area (Å²) < 4.78 is 31.1. The highest BCUT2D eigenvalue weighted by atomic mass is 79.9. The first kappa shape index (κ1) is 28.8. The fourth-order valence-corrected chi connectivity index (χ4v) is 4.47. The summed E-state index contributed by atoms with van der Waals surface area (Å²) in [7, 11) is 0. The van der Waals surface area contributed by atoms with Gasteiger partial charge in [0, 0.05) is 0 Å². The minimum atomic E-state index is -0.840. The van der Waals surface area contributed by atoms with Crippen LogP contribution in [-0.2, 0) is 16.2 Å². The number of barbiturate groups is 1. The van der Waals surface area contributed by atoms with E-state index in [0.29, 0.717) is 46.2 Å². The molecule has 1 aliphatic heterocycles. The van der Waals surface area contributed by atoms with Crippen molar-refractivity contribution in [3.63, 3.8) is 0 Å². The maximum absolute atomic E-state index is 13.3. The van der Waals surface area contributed by atoms with Crippen LogP contribution in [0.3, 0.4) is 0 Å². The molecule has 10 heteroatoms. The van der Waals surface area contributed by atoms with E-state index >= 15 is 0 Å². The number of rotatable bonds is 11. The van der Waals surface area contributed by atoms with Crippen LogP contribution in [0, 0.1) is 5.82 Å². The summed E-state index contributed by atoms with van der Waals surface area (Å²) in [6, 6.07) is 14.9. The van der Waals surface area contributed by atoms with E-state index in [9.17, 15) is 18.8 Å². The van der Waals surface area contributed by atoms with E-state index in [-0.39, 0.29) is 18.0 Å². The van der Waals surface area contributed by atoms with E-state index in [4.69, 9.17) is 14.2 Å². The number of anilines is 1. The molecule has 3 aromatic rings. The van der Waals surface area contributed by atoms with Crippen molar-refractivity contribution in [2.75, 3.05) is 18.1 Å². The van der Waals surface area contributed by atoms with Crippen LogP contribution in [0.1, 0.15) is 37.8 Å². The number of carbonyl (C=O) groups excluding carboxylic acids is 3. The van der Waals surface area contributed by atoms with Gasteiger partial charge in [0.1, 0.15) is 23.7 Å². The van der Waals surface area contributed by atoms with Gasteiger partial charge in [-0.05, 0) is 95.0 Å². The average Bonchev–Trinajstić information content (AvgIpc) is 2.92. The topological polar surface area (TPSA) is 94.2 Å². The Hall–Kier alpha value is -4.18. The summed E-state index contributed by atoms with van der Waals surface area (Å²) in [5.41, 5.74) is 1.30. The Morgan fingerprint density at radius 1 is 0.950 bits per heavy atom. The summed E-state index contributed by atoms with van der Waals surface area (Å²) >= 11 is 3.48. The molecule has 1 heterocycles. The number of hydrogen-bond donors (Lipinski definition) is 1. The Morgan fingerprint density at radius 2 is 1.68 bits per heavy atom. The lowest BCUT2D eigenvalue weighted by molar-refractivity contribution is -0.122. The van der Waals surface area contributed by atoms with Gasteiger partial charge in [0.25, 0.3) is 11.8 Å². The van der Waals surface area contributed by atoms with Gasteiger partial charge < -0.3 is 14.2 Å². The molecular weight excluding hydrogens is 583 g/mol. The van der Waals surface area contributed by atoms with E-state index in [0.717, 1.165) is 23.3 Å². The molecule has 8 nitrogen and oxygen atoms in total. The van der Waals surface area contributed by atoms with E-state index in [1.165, 1.54) is 18.2 Å². The predicted octanol–water partition coefficient (Wildman–Crippen LogP) is 6.41. The van der Waals surface area contributed by atoms with Crippen molar-refractivity contribution in [1.29, 1.82) is 0 Å². The molecule has 0 aromatic heterocycles. The van der Waals surface area contributed by atoms with Crippen molar-refractivity contribution in [2.45, 2.75) is 33.3 Å². The van der Waals surface area contributed by atoms with Crippen LogP contribution >= 0.6 is 15.9 Å². The standard InChI is InChI=1S/C30H28BrFN2O6/c1-3-5-14-39-23-12-10-22(11-13-23)34-29(36)24(28(35)33-30(34)37)15-20-16-25(31)27(26(17-20)38-4-2)40-18-19-6-8-21(32)9-7-19/h6-13,15-17H,3-5,14,18H2,1-2H3,(H,33,35,37)/b24-15-. The Morgan fingerprint density at radius 3 is 2.35 bits per heavy atom. The van der Waals surface area contributed by atoms with Gasteiger partial charge in [-0.2, -0.15) is 0 Å². The number of nitrogens with zero attached hydrogens (tertiary/aromatic N) is 1. The lowest BCUT2D eigenvalue weighted by atomic mass is 10.1. The van der Waals surface area contributed by atoms with Crippen LogP contribution in [0.25, 0.3) is 6.08 Å². The largest absolute Gasteiger partial charge is 0.494 e. The highest BCUT2D eigenvalue weighted by Crippen LogP contribution is 2.38. The van der Waals surface area contributed by atoms with Crippen LogP contribution < -0.4 is 24.4 Å². The van der Waals surface area contributed by atoms with Gasteiger partial charge in [0.15, 0.2) is 11.5 Å². The van der Waals surface area contributed by atoms with Crippen LogP contribution in [-0.4, -0.2) is 31.1 Å². The van der Waals surface area contributed by atoms with Gasteiger partial charge in [-0.1, -0.05) is 25.5 Å². The molecule has 208 valence electrons. The highest BCUT2D eigenvalue weighted by molar-refractivity contribution is 9.10. The number of hydrogen-bond acceptors (Lipinski definition) is 6. The minimum Gasteiger partial charge on any atom is -0.494 e. The predicted molar refractivity (Wildman–Crippen MR) is 152 cm³/mol.